The largest absolute Gasteiger partial charge is 0.309 e. The van der Waals surface area contributed by atoms with Gasteiger partial charge < -0.3 is 4.90 Å². The lowest BCUT2D eigenvalue weighted by Gasteiger charge is -2.32. The average molecular weight is 772 g/mol. The molecule has 0 saturated heterocycles. The molecule has 0 aliphatic heterocycles. The number of fused-ring (bicyclic) bond motifs is 6. The molecule has 9 aromatic carbocycles. The first-order valence-electron chi connectivity index (χ1n) is 20.4. The predicted molar refractivity (Wildman–Crippen MR) is 253 cm³/mol. The molecule has 280 valence electrons. The van der Waals surface area contributed by atoms with Crippen LogP contribution in [0.1, 0.15) is 25.0 Å². The van der Waals surface area contributed by atoms with Crippen molar-refractivity contribution in [3.05, 3.63) is 223 Å². The summed E-state index contributed by atoms with van der Waals surface area (Å²) < 4.78 is 2.61. The van der Waals surface area contributed by atoms with Gasteiger partial charge in [0.25, 0.3) is 0 Å². The number of hydrogen-bond donors (Lipinski definition) is 0. The van der Waals surface area contributed by atoms with Crippen molar-refractivity contribution in [1.82, 2.24) is 0 Å². The highest BCUT2D eigenvalue weighted by atomic mass is 32.1. The van der Waals surface area contributed by atoms with Gasteiger partial charge in [0, 0.05) is 48.0 Å². The number of anilines is 3. The van der Waals surface area contributed by atoms with Gasteiger partial charge in [-0.2, -0.15) is 0 Å². The zero-order valence-corrected chi connectivity index (χ0v) is 33.9. The third-order valence-corrected chi connectivity index (χ3v) is 13.5. The first-order chi connectivity index (χ1) is 29.1. The number of hydrogen-bond acceptors (Lipinski definition) is 2. The van der Waals surface area contributed by atoms with Gasteiger partial charge in [-0.05, 0) is 80.4 Å². The van der Waals surface area contributed by atoms with Crippen LogP contribution in [0, 0.1) is 0 Å². The van der Waals surface area contributed by atoms with Crippen molar-refractivity contribution in [2.45, 2.75) is 19.3 Å². The molecule has 10 aromatic rings. The van der Waals surface area contributed by atoms with E-state index in [1.54, 1.807) is 0 Å². The molecule has 1 nitrogen and oxygen atoms in total. The lowest BCUT2D eigenvalue weighted by Crippen LogP contribution is -2.16. The van der Waals surface area contributed by atoms with E-state index in [1.165, 1.54) is 86.9 Å². The van der Waals surface area contributed by atoms with Gasteiger partial charge in [0.1, 0.15) is 0 Å². The van der Waals surface area contributed by atoms with Crippen LogP contribution in [-0.4, -0.2) is 0 Å². The van der Waals surface area contributed by atoms with E-state index in [2.05, 4.69) is 231 Å². The molecule has 0 fully saturated rings. The van der Waals surface area contributed by atoms with E-state index in [-0.39, 0.29) is 5.41 Å². The maximum atomic E-state index is 2.54. The Morgan fingerprint density at radius 2 is 0.915 bits per heavy atom. The summed E-state index contributed by atoms with van der Waals surface area (Å²) in [6.07, 6.45) is 0. The highest BCUT2D eigenvalue weighted by Gasteiger charge is 2.36. The molecular formula is C57H41NS. The van der Waals surface area contributed by atoms with Crippen molar-refractivity contribution in [1.29, 1.82) is 0 Å². The zero-order valence-electron chi connectivity index (χ0n) is 33.1. The quantitative estimate of drug-likeness (QED) is 0.156. The number of thiophene rings is 1. The van der Waals surface area contributed by atoms with Crippen LogP contribution in [0.3, 0.4) is 0 Å². The summed E-state index contributed by atoms with van der Waals surface area (Å²) in [4.78, 5) is 2.54. The van der Waals surface area contributed by atoms with Gasteiger partial charge in [0.15, 0.2) is 0 Å². The number of benzene rings is 9. The molecule has 1 aromatic heterocycles. The fraction of sp³-hybridized carbons (Fsp3) is 0.0526. The molecule has 1 aliphatic carbocycles. The molecule has 1 aliphatic rings. The maximum Gasteiger partial charge on any atom is 0.0546 e. The first-order valence-corrected chi connectivity index (χ1v) is 21.3. The summed E-state index contributed by atoms with van der Waals surface area (Å²) >= 11 is 1.88. The van der Waals surface area contributed by atoms with Crippen LogP contribution in [-0.2, 0) is 5.41 Å². The Morgan fingerprint density at radius 1 is 0.373 bits per heavy atom. The Kier molecular flexibility index (Phi) is 8.43. The van der Waals surface area contributed by atoms with E-state index >= 15 is 0 Å². The second-order valence-electron chi connectivity index (χ2n) is 16.0. The topological polar surface area (TPSA) is 3.24 Å². The van der Waals surface area contributed by atoms with Gasteiger partial charge in [-0.15, -0.1) is 11.3 Å². The Morgan fingerprint density at radius 3 is 1.71 bits per heavy atom. The van der Waals surface area contributed by atoms with E-state index in [0.29, 0.717) is 0 Å². The van der Waals surface area contributed by atoms with Gasteiger partial charge in [-0.3, -0.25) is 0 Å². The molecule has 59 heavy (non-hydrogen) atoms. The summed E-state index contributed by atoms with van der Waals surface area (Å²) in [5.41, 5.74) is 18.2. The smallest absolute Gasteiger partial charge is 0.0546 e. The second-order valence-corrected chi connectivity index (χ2v) is 17.1. The molecule has 2 heteroatoms. The van der Waals surface area contributed by atoms with Crippen LogP contribution in [0.4, 0.5) is 17.1 Å². The first kappa shape index (κ1) is 35.2. The van der Waals surface area contributed by atoms with Crippen LogP contribution in [0.2, 0.25) is 0 Å². The predicted octanol–water partition coefficient (Wildman–Crippen LogP) is 16.5. The van der Waals surface area contributed by atoms with E-state index in [9.17, 15) is 0 Å². The normalized spacial score (nSPS) is 12.7. The number of para-hydroxylation sites is 1. The van der Waals surface area contributed by atoms with Crippen molar-refractivity contribution >= 4 is 48.6 Å². The van der Waals surface area contributed by atoms with E-state index in [1.807, 2.05) is 11.3 Å². The summed E-state index contributed by atoms with van der Waals surface area (Å²) in [5.74, 6) is 0. The molecule has 1 heterocycles. The summed E-state index contributed by atoms with van der Waals surface area (Å²) in [5, 5.41) is 2.60. The molecule has 0 unspecified atom stereocenters. The molecule has 0 bridgehead atoms. The third kappa shape index (κ3) is 5.74. The van der Waals surface area contributed by atoms with Gasteiger partial charge in [-0.25, -0.2) is 0 Å². The molecule has 0 saturated carbocycles. The van der Waals surface area contributed by atoms with Crippen LogP contribution < -0.4 is 4.90 Å². The van der Waals surface area contributed by atoms with Gasteiger partial charge in [0.05, 0.1) is 11.4 Å². The van der Waals surface area contributed by atoms with Crippen molar-refractivity contribution in [2.75, 3.05) is 4.90 Å². The van der Waals surface area contributed by atoms with Crippen LogP contribution in [0.25, 0.3) is 75.8 Å². The van der Waals surface area contributed by atoms with Crippen molar-refractivity contribution < 1.29 is 0 Å². The summed E-state index contributed by atoms with van der Waals surface area (Å²) in [7, 11) is 0. The lowest BCUT2D eigenvalue weighted by atomic mass is 9.82. The zero-order chi connectivity index (χ0) is 39.5. The Hall–Kier alpha value is -7.00. The van der Waals surface area contributed by atoms with Crippen LogP contribution >= 0.6 is 11.3 Å². The van der Waals surface area contributed by atoms with E-state index in [0.717, 1.165) is 17.1 Å². The summed E-state index contributed by atoms with van der Waals surface area (Å²) in [6, 6.07) is 78.2. The van der Waals surface area contributed by atoms with Crippen molar-refractivity contribution in [3.63, 3.8) is 0 Å². The molecule has 11 rings (SSSR count). The van der Waals surface area contributed by atoms with Gasteiger partial charge >= 0.3 is 0 Å². The van der Waals surface area contributed by atoms with Crippen molar-refractivity contribution in [2.24, 2.45) is 0 Å². The number of rotatable bonds is 7. The SMILES string of the molecule is CC1(C)c2ccccc2-c2cc(N(c3ccccc3-c3cccc4c3sc3ccccc34)c3cccc(-c4ccccc4)c3-c3ccccc3-c3ccccc3)ccc21. The molecule has 0 spiro atoms. The molecule has 0 radical (unpaired) electrons. The summed E-state index contributed by atoms with van der Waals surface area (Å²) in [6.45, 7) is 4.72. The standard InChI is InChI=1S/C57H41NS/c1-57(2)50-31-14-11-24-43(50)49-37-40(35-36-51(49)57)58(52-32-15-12-25-44(52)47-29-17-30-48-45-26-13-16-34-54(45)59-56(47)48)53-33-18-28-42(39-21-7-4-8-22-39)55(53)46-27-10-9-23-41(46)38-19-5-3-6-20-38/h3-37H,1-2H3. The van der Waals surface area contributed by atoms with Gasteiger partial charge in [0.2, 0.25) is 0 Å². The molecular weight excluding hydrogens is 731 g/mol. The minimum absolute atomic E-state index is 0.100. The fourth-order valence-electron chi connectivity index (χ4n) is 9.55. The highest BCUT2D eigenvalue weighted by Crippen LogP contribution is 2.54. The molecule has 0 atom stereocenters. The monoisotopic (exact) mass is 771 g/mol. The Balaban J connectivity index is 1.24. The fourth-order valence-corrected chi connectivity index (χ4v) is 10.8. The maximum absolute atomic E-state index is 2.54. The Bertz CT molecular complexity index is 3190. The average Bonchev–Trinajstić information content (AvgIpc) is 3.79. The Labute approximate surface area is 350 Å². The molecule has 0 N–H and O–H groups in total. The number of nitrogens with zero attached hydrogens (tertiary/aromatic N) is 1. The van der Waals surface area contributed by atoms with E-state index in [4.69, 9.17) is 0 Å². The second kappa shape index (κ2) is 14.1. The minimum Gasteiger partial charge on any atom is -0.309 e. The van der Waals surface area contributed by atoms with Gasteiger partial charge in [-0.1, -0.05) is 196 Å². The van der Waals surface area contributed by atoms with Crippen LogP contribution in [0.5, 0.6) is 0 Å². The lowest BCUT2D eigenvalue weighted by molar-refractivity contribution is 0.660. The third-order valence-electron chi connectivity index (χ3n) is 12.3. The molecule has 0 amide bonds. The van der Waals surface area contributed by atoms with Crippen LogP contribution in [0.15, 0.2) is 212 Å². The van der Waals surface area contributed by atoms with Crippen molar-refractivity contribution in [3.8, 4) is 55.6 Å². The van der Waals surface area contributed by atoms with E-state index < -0.39 is 0 Å². The highest BCUT2D eigenvalue weighted by molar-refractivity contribution is 7.26. The minimum atomic E-state index is -0.100.